The van der Waals surface area contributed by atoms with Crippen LogP contribution in [0.15, 0.2) is 41.3 Å². The third-order valence-electron chi connectivity index (χ3n) is 4.27. The summed E-state index contributed by atoms with van der Waals surface area (Å²) in [6.45, 7) is -0.754. The number of nitrogens with zero attached hydrogens (tertiary/aromatic N) is 2. The van der Waals surface area contributed by atoms with Gasteiger partial charge in [0.05, 0.1) is 6.61 Å². The number of hydrogen-bond acceptors (Lipinski definition) is 7. The SMILES string of the molecule is Nc1nc(=O)n([C@@H]2O[C@H](COP(=O)(O)O)[C@@H](O)[C@@H]2F)cc1Cc1ccccc1. The molecule has 0 bridgehead atoms. The topological polar surface area (TPSA) is 157 Å². The van der Waals surface area contributed by atoms with Gasteiger partial charge in [-0.3, -0.25) is 9.09 Å². The van der Waals surface area contributed by atoms with Crippen molar-refractivity contribution in [3.8, 4) is 0 Å². The number of aromatic nitrogens is 2. The van der Waals surface area contributed by atoms with E-state index in [1.807, 2.05) is 30.3 Å². The molecule has 3 rings (SSSR count). The lowest BCUT2D eigenvalue weighted by Crippen LogP contribution is -2.34. The third kappa shape index (κ3) is 4.64. The van der Waals surface area contributed by atoms with Crippen LogP contribution in [0.2, 0.25) is 0 Å². The fourth-order valence-electron chi connectivity index (χ4n) is 2.89. The number of nitrogen functional groups attached to an aromatic ring is 1. The Morgan fingerprint density at radius 2 is 2.00 bits per heavy atom. The Morgan fingerprint density at radius 1 is 1.32 bits per heavy atom. The van der Waals surface area contributed by atoms with E-state index < -0.39 is 44.7 Å². The summed E-state index contributed by atoms with van der Waals surface area (Å²) in [7, 11) is -4.83. The Morgan fingerprint density at radius 3 is 2.64 bits per heavy atom. The molecule has 0 aliphatic carbocycles. The number of anilines is 1. The fourth-order valence-corrected chi connectivity index (χ4v) is 3.23. The minimum absolute atomic E-state index is 0.0135. The molecule has 1 aromatic heterocycles. The van der Waals surface area contributed by atoms with Crippen LogP contribution >= 0.6 is 7.82 Å². The number of hydrogen-bond donors (Lipinski definition) is 4. The van der Waals surface area contributed by atoms with E-state index in [2.05, 4.69) is 9.51 Å². The van der Waals surface area contributed by atoms with Crippen molar-refractivity contribution < 1.29 is 33.1 Å². The molecule has 5 N–H and O–H groups in total. The van der Waals surface area contributed by atoms with Crippen LogP contribution in [0, 0.1) is 0 Å². The van der Waals surface area contributed by atoms with Crippen LogP contribution in [0.25, 0.3) is 0 Å². The maximum absolute atomic E-state index is 14.5. The molecule has 0 spiro atoms. The summed E-state index contributed by atoms with van der Waals surface area (Å²) in [5, 5.41) is 9.94. The summed E-state index contributed by atoms with van der Waals surface area (Å²) in [6, 6.07) is 9.19. The first-order valence-electron chi connectivity index (χ1n) is 8.25. The smallest absolute Gasteiger partial charge is 0.387 e. The zero-order valence-electron chi connectivity index (χ0n) is 14.5. The van der Waals surface area contributed by atoms with Gasteiger partial charge in [0, 0.05) is 18.2 Å². The highest BCUT2D eigenvalue weighted by Crippen LogP contribution is 2.38. The lowest BCUT2D eigenvalue weighted by Gasteiger charge is -2.18. The zero-order valence-corrected chi connectivity index (χ0v) is 15.4. The average Bonchev–Trinajstić information content (AvgIpc) is 2.91. The van der Waals surface area contributed by atoms with E-state index in [4.69, 9.17) is 20.3 Å². The number of ether oxygens (including phenoxy) is 1. The predicted octanol–water partition coefficient (Wildman–Crippen LogP) is 0.122. The van der Waals surface area contributed by atoms with Gasteiger partial charge in [0.25, 0.3) is 0 Å². The van der Waals surface area contributed by atoms with Crippen molar-refractivity contribution in [2.75, 3.05) is 12.3 Å². The van der Waals surface area contributed by atoms with E-state index in [9.17, 15) is 18.9 Å². The Kier molecular flexibility index (Phi) is 5.94. The minimum Gasteiger partial charge on any atom is -0.387 e. The van der Waals surface area contributed by atoms with E-state index in [1.54, 1.807) is 0 Å². The summed E-state index contributed by atoms with van der Waals surface area (Å²) >= 11 is 0. The van der Waals surface area contributed by atoms with Gasteiger partial charge in [-0.25, -0.2) is 13.8 Å². The first-order valence-corrected chi connectivity index (χ1v) is 9.78. The van der Waals surface area contributed by atoms with Gasteiger partial charge in [0.2, 0.25) is 0 Å². The van der Waals surface area contributed by atoms with Crippen molar-refractivity contribution in [3.63, 3.8) is 0 Å². The number of nitrogens with two attached hydrogens (primary N) is 1. The van der Waals surface area contributed by atoms with Gasteiger partial charge in [-0.2, -0.15) is 4.98 Å². The Labute approximate surface area is 158 Å². The number of benzene rings is 1. The second kappa shape index (κ2) is 8.08. The molecule has 2 heterocycles. The molecule has 0 radical (unpaired) electrons. The molecule has 152 valence electrons. The van der Waals surface area contributed by atoms with Crippen LogP contribution in [0.3, 0.4) is 0 Å². The van der Waals surface area contributed by atoms with Gasteiger partial charge >= 0.3 is 13.5 Å². The molecule has 2 aromatic rings. The van der Waals surface area contributed by atoms with E-state index in [0.29, 0.717) is 12.0 Å². The molecule has 1 fully saturated rings. The standard InChI is InChI=1S/C16H19FN3O7P/c17-12-13(21)11(8-26-28(23,24)25)27-15(12)20-7-10(14(18)19-16(20)22)6-9-4-2-1-3-5-9/h1-5,7,11-13,15,21H,6,8H2,(H2,18,19,22)(H2,23,24,25)/t11-,12+,13-,15-/m1/s1. The molecule has 10 nitrogen and oxygen atoms in total. The number of halogens is 1. The summed E-state index contributed by atoms with van der Waals surface area (Å²) < 4.78 is 35.7. The second-order valence-corrected chi connectivity index (χ2v) is 7.53. The Balaban J connectivity index is 1.85. The van der Waals surface area contributed by atoms with Crippen molar-refractivity contribution in [1.29, 1.82) is 0 Å². The maximum atomic E-state index is 14.5. The third-order valence-corrected chi connectivity index (χ3v) is 4.76. The van der Waals surface area contributed by atoms with Gasteiger partial charge < -0.3 is 25.4 Å². The van der Waals surface area contributed by atoms with Gasteiger partial charge in [0.1, 0.15) is 18.0 Å². The maximum Gasteiger partial charge on any atom is 0.469 e. The molecule has 12 heteroatoms. The highest BCUT2D eigenvalue weighted by atomic mass is 31.2. The van der Waals surface area contributed by atoms with Crippen LogP contribution in [-0.2, 0) is 20.2 Å². The molecule has 4 atom stereocenters. The molecular formula is C16H19FN3O7P. The predicted molar refractivity (Wildman–Crippen MR) is 95.0 cm³/mol. The minimum atomic E-state index is -4.83. The van der Waals surface area contributed by atoms with Gasteiger partial charge in [-0.15, -0.1) is 0 Å². The molecule has 0 unspecified atom stereocenters. The number of alkyl halides is 1. The van der Waals surface area contributed by atoms with Crippen molar-refractivity contribution >= 4 is 13.6 Å². The molecule has 1 aliphatic rings. The zero-order chi connectivity index (χ0) is 20.5. The van der Waals surface area contributed by atoms with Crippen LogP contribution in [0.5, 0.6) is 0 Å². The molecule has 0 amide bonds. The molecule has 0 saturated carbocycles. The highest BCUT2D eigenvalue weighted by molar-refractivity contribution is 7.46. The van der Waals surface area contributed by atoms with Crippen molar-refractivity contribution in [2.24, 2.45) is 0 Å². The van der Waals surface area contributed by atoms with Crippen molar-refractivity contribution in [1.82, 2.24) is 9.55 Å². The normalized spacial score (nSPS) is 25.1. The number of aliphatic hydroxyl groups is 1. The van der Waals surface area contributed by atoms with E-state index in [1.165, 1.54) is 6.20 Å². The van der Waals surface area contributed by atoms with Crippen LogP contribution < -0.4 is 11.4 Å². The first-order chi connectivity index (χ1) is 13.2. The second-order valence-electron chi connectivity index (χ2n) is 6.29. The molecule has 1 aliphatic heterocycles. The van der Waals surface area contributed by atoms with Crippen LogP contribution in [0.1, 0.15) is 17.4 Å². The van der Waals surface area contributed by atoms with E-state index >= 15 is 0 Å². The van der Waals surface area contributed by atoms with Crippen molar-refractivity contribution in [2.45, 2.75) is 31.0 Å². The number of phosphoric acid groups is 1. The van der Waals surface area contributed by atoms with E-state index in [0.717, 1.165) is 10.1 Å². The molecule has 1 saturated heterocycles. The summed E-state index contributed by atoms with van der Waals surface area (Å²) in [5.74, 6) is -0.0135. The molecular weight excluding hydrogens is 396 g/mol. The number of phosphoric ester groups is 1. The average molecular weight is 415 g/mol. The summed E-state index contributed by atoms with van der Waals surface area (Å²) in [4.78, 5) is 33.4. The molecule has 1 aromatic carbocycles. The van der Waals surface area contributed by atoms with Gasteiger partial charge in [-0.05, 0) is 5.56 Å². The summed E-state index contributed by atoms with van der Waals surface area (Å²) in [5.41, 5.74) is 6.26. The van der Waals surface area contributed by atoms with Crippen LogP contribution in [0.4, 0.5) is 10.2 Å². The fraction of sp³-hybridized carbons (Fsp3) is 0.375. The largest absolute Gasteiger partial charge is 0.469 e. The lowest BCUT2D eigenvalue weighted by atomic mass is 10.1. The monoisotopic (exact) mass is 415 g/mol. The van der Waals surface area contributed by atoms with Crippen molar-refractivity contribution in [3.05, 3.63) is 58.1 Å². The van der Waals surface area contributed by atoms with E-state index in [-0.39, 0.29) is 5.82 Å². The Hall–Kier alpha value is -2.14. The number of rotatable bonds is 6. The molecule has 28 heavy (non-hydrogen) atoms. The van der Waals surface area contributed by atoms with Crippen LogP contribution in [-0.4, -0.2) is 49.4 Å². The van der Waals surface area contributed by atoms with Gasteiger partial charge in [0.15, 0.2) is 12.4 Å². The lowest BCUT2D eigenvalue weighted by molar-refractivity contribution is -0.0483. The Bertz CT molecular complexity index is 936. The first kappa shape index (κ1) is 20.6. The quantitative estimate of drug-likeness (QED) is 0.481. The summed E-state index contributed by atoms with van der Waals surface area (Å²) in [6.07, 6.45) is -5.09. The highest BCUT2D eigenvalue weighted by Gasteiger charge is 2.46. The number of aliphatic hydroxyl groups excluding tert-OH is 1. The van der Waals surface area contributed by atoms with Gasteiger partial charge in [-0.1, -0.05) is 30.3 Å².